The molecule has 0 unspecified atom stereocenters. The minimum absolute atomic E-state index is 0. The van der Waals surface area contributed by atoms with Crippen molar-refractivity contribution in [3.8, 4) is 11.1 Å². The zero-order valence-corrected chi connectivity index (χ0v) is 17.3. The predicted octanol–water partition coefficient (Wildman–Crippen LogP) is -1.57. The fourth-order valence-corrected chi connectivity index (χ4v) is 5.65. The summed E-state index contributed by atoms with van der Waals surface area (Å²) in [6, 6.07) is 2.95. The van der Waals surface area contributed by atoms with Gasteiger partial charge < -0.3 is 14.6 Å². The smallest absolute Gasteiger partial charge is 0.550 e. The molecule has 1 heterocycles. The number of ether oxygens (including phenoxy) is 1. The van der Waals surface area contributed by atoms with Gasteiger partial charge in [-0.2, -0.15) is 18.3 Å². The van der Waals surface area contributed by atoms with Gasteiger partial charge in [0.1, 0.15) is 0 Å². The molecule has 3 rings (SSSR count). The van der Waals surface area contributed by atoms with Crippen LogP contribution in [0, 0.1) is 5.92 Å². The summed E-state index contributed by atoms with van der Waals surface area (Å²) >= 11 is 0. The van der Waals surface area contributed by atoms with Gasteiger partial charge in [-0.3, -0.25) is 4.68 Å². The minimum atomic E-state index is -4.92. The average Bonchev–Trinajstić information content (AvgIpc) is 3.27. The molecule has 1 aromatic carbocycles. The van der Waals surface area contributed by atoms with Crippen molar-refractivity contribution < 1.29 is 55.1 Å². The van der Waals surface area contributed by atoms with Crippen LogP contribution in [0.25, 0.3) is 11.1 Å². The Balaban J connectivity index is 0.00000320. The number of sulfone groups is 1. The van der Waals surface area contributed by atoms with Crippen molar-refractivity contribution in [1.82, 2.24) is 9.78 Å². The quantitative estimate of drug-likeness (QED) is 0.523. The van der Waals surface area contributed by atoms with Crippen molar-refractivity contribution in [1.29, 1.82) is 0 Å². The molecule has 1 fully saturated rings. The van der Waals surface area contributed by atoms with E-state index in [0.29, 0.717) is 5.56 Å². The molecule has 0 N–H and O–H groups in total. The Morgan fingerprint density at radius 3 is 2.40 bits per heavy atom. The number of aliphatic carboxylic acids is 1. The topological polar surface area (TPSA) is 101 Å². The van der Waals surface area contributed by atoms with Gasteiger partial charge in [0.15, 0.2) is 9.84 Å². The molecule has 7 nitrogen and oxygen atoms in total. The standard InChI is InChI=1S/C18H19F3N2O5S.Li/c1-23-9-11(8-22-23)10-3-4-16(14(5-10)18(19,20)21)29(26,27)12-6-13(17(24)25)15(7-12)28-2;/h3-5,8-9,12-13,15H,6-7H2,1-2H3,(H,24,25);/q;+1/p-1/t12-,13-,15-;/m0./s1. The molecule has 1 aliphatic carbocycles. The van der Waals surface area contributed by atoms with Crippen LogP contribution in [0.1, 0.15) is 18.4 Å². The maximum atomic E-state index is 13.7. The molecule has 1 aliphatic rings. The van der Waals surface area contributed by atoms with Crippen molar-refractivity contribution in [2.24, 2.45) is 13.0 Å². The number of nitrogens with zero attached hydrogens (tertiary/aromatic N) is 2. The third kappa shape index (κ3) is 4.59. The molecule has 158 valence electrons. The van der Waals surface area contributed by atoms with E-state index in [1.807, 2.05) is 0 Å². The first-order valence-electron chi connectivity index (χ1n) is 8.63. The number of hydrogen-bond donors (Lipinski definition) is 0. The maximum absolute atomic E-state index is 13.7. The molecule has 2 aromatic rings. The number of hydrogen-bond acceptors (Lipinski definition) is 6. The molecule has 0 amide bonds. The molecule has 0 saturated heterocycles. The largest absolute Gasteiger partial charge is 1.00 e. The molecule has 3 atom stereocenters. The number of carboxylic acids is 1. The van der Waals surface area contributed by atoms with E-state index < -0.39 is 49.7 Å². The molecular weight excluding hydrogens is 420 g/mol. The summed E-state index contributed by atoms with van der Waals surface area (Å²) in [6.45, 7) is 0. The number of halogens is 3. The molecule has 0 bridgehead atoms. The fourth-order valence-electron chi connectivity index (χ4n) is 3.65. The van der Waals surface area contributed by atoms with Crippen LogP contribution in [0.5, 0.6) is 0 Å². The van der Waals surface area contributed by atoms with E-state index in [4.69, 9.17) is 4.74 Å². The van der Waals surface area contributed by atoms with Gasteiger partial charge >= 0.3 is 25.0 Å². The second kappa shape index (κ2) is 8.75. The first kappa shape index (κ1) is 24.5. The summed E-state index contributed by atoms with van der Waals surface area (Å²) in [5.41, 5.74) is -0.734. The van der Waals surface area contributed by atoms with E-state index >= 15 is 0 Å². The van der Waals surface area contributed by atoms with Gasteiger partial charge in [-0.25, -0.2) is 8.42 Å². The van der Waals surface area contributed by atoms with Crippen molar-refractivity contribution in [2.75, 3.05) is 7.11 Å². The van der Waals surface area contributed by atoms with Crippen molar-refractivity contribution in [2.45, 2.75) is 35.3 Å². The van der Waals surface area contributed by atoms with Gasteiger partial charge in [0, 0.05) is 37.8 Å². The fraction of sp³-hybridized carbons (Fsp3) is 0.444. The molecular formula is C18H18F3LiN2O5S. The summed E-state index contributed by atoms with van der Waals surface area (Å²) in [4.78, 5) is 10.4. The second-order valence-corrected chi connectivity index (χ2v) is 9.15. The number of aryl methyl sites for hydroxylation is 1. The zero-order chi connectivity index (χ0) is 21.6. The summed E-state index contributed by atoms with van der Waals surface area (Å²) in [5.74, 6) is -2.69. The number of alkyl halides is 3. The van der Waals surface area contributed by atoms with E-state index in [1.54, 1.807) is 7.05 Å². The van der Waals surface area contributed by atoms with Crippen LogP contribution in [-0.2, 0) is 32.6 Å². The van der Waals surface area contributed by atoms with Crippen LogP contribution >= 0.6 is 0 Å². The molecule has 0 radical (unpaired) electrons. The SMILES string of the molecule is CO[C@H]1C[C@@H](S(=O)(=O)c2ccc(-c3cnn(C)c3)cc2C(F)(F)F)C[C@@H]1C(=O)[O-].[Li+]. The average molecular weight is 438 g/mol. The van der Waals surface area contributed by atoms with Crippen LogP contribution in [0.2, 0.25) is 0 Å². The number of benzene rings is 1. The van der Waals surface area contributed by atoms with Gasteiger partial charge in [-0.15, -0.1) is 0 Å². The van der Waals surface area contributed by atoms with Gasteiger partial charge in [0.25, 0.3) is 0 Å². The first-order chi connectivity index (χ1) is 13.4. The number of rotatable bonds is 5. The summed E-state index contributed by atoms with van der Waals surface area (Å²) in [7, 11) is -1.64. The Morgan fingerprint density at radius 2 is 1.93 bits per heavy atom. The second-order valence-electron chi connectivity index (χ2n) is 6.95. The predicted molar refractivity (Wildman–Crippen MR) is 93.1 cm³/mol. The van der Waals surface area contributed by atoms with Gasteiger partial charge in [0.05, 0.1) is 28.0 Å². The first-order valence-corrected chi connectivity index (χ1v) is 10.2. The maximum Gasteiger partial charge on any atom is 1.00 e. The molecule has 30 heavy (non-hydrogen) atoms. The number of carbonyl (C=O) groups excluding carboxylic acids is 1. The molecule has 12 heteroatoms. The Labute approximate surface area is 183 Å². The summed E-state index contributed by atoms with van der Waals surface area (Å²) in [6.07, 6.45) is -3.58. The van der Waals surface area contributed by atoms with E-state index in [1.165, 1.54) is 30.3 Å². The molecule has 0 aliphatic heterocycles. The van der Waals surface area contributed by atoms with Gasteiger partial charge in [-0.05, 0) is 30.5 Å². The van der Waals surface area contributed by atoms with Crippen LogP contribution < -0.4 is 24.0 Å². The van der Waals surface area contributed by atoms with E-state index in [-0.39, 0.29) is 37.3 Å². The summed E-state index contributed by atoms with van der Waals surface area (Å²) < 4.78 is 73.5. The van der Waals surface area contributed by atoms with Crippen LogP contribution in [0.4, 0.5) is 13.2 Å². The van der Waals surface area contributed by atoms with Gasteiger partial charge in [-0.1, -0.05) is 6.07 Å². The van der Waals surface area contributed by atoms with Crippen molar-refractivity contribution in [3.05, 3.63) is 36.2 Å². The Bertz CT molecular complexity index is 1040. The van der Waals surface area contributed by atoms with E-state index in [0.717, 1.165) is 12.1 Å². The Morgan fingerprint density at radius 1 is 1.27 bits per heavy atom. The van der Waals surface area contributed by atoms with Crippen molar-refractivity contribution >= 4 is 15.8 Å². The van der Waals surface area contributed by atoms with Crippen LogP contribution in [0.3, 0.4) is 0 Å². The van der Waals surface area contributed by atoms with Crippen LogP contribution in [0.15, 0.2) is 35.5 Å². The number of aromatic nitrogens is 2. The van der Waals surface area contributed by atoms with Crippen molar-refractivity contribution in [3.63, 3.8) is 0 Å². The van der Waals surface area contributed by atoms with Crippen LogP contribution in [-0.4, -0.2) is 42.6 Å². The third-order valence-electron chi connectivity index (χ3n) is 5.13. The zero-order valence-electron chi connectivity index (χ0n) is 16.5. The monoisotopic (exact) mass is 438 g/mol. The normalized spacial score (nSPS) is 22.0. The van der Waals surface area contributed by atoms with E-state index in [9.17, 15) is 31.5 Å². The number of carboxylic acid groups (broad SMARTS) is 1. The van der Waals surface area contributed by atoms with E-state index in [2.05, 4.69) is 5.10 Å². The number of methoxy groups -OCH3 is 1. The van der Waals surface area contributed by atoms with Gasteiger partial charge in [0.2, 0.25) is 0 Å². The summed E-state index contributed by atoms with van der Waals surface area (Å²) in [5, 5.41) is 13.8. The minimum Gasteiger partial charge on any atom is -0.550 e. The molecule has 0 spiro atoms. The molecule has 1 aromatic heterocycles. The molecule has 1 saturated carbocycles. The Kier molecular flexibility index (Phi) is 7.13. The number of carbonyl (C=O) groups is 1. The third-order valence-corrected chi connectivity index (χ3v) is 7.37. The Hall–Kier alpha value is -1.80.